The summed E-state index contributed by atoms with van der Waals surface area (Å²) in [7, 11) is 0. The molecule has 30 heavy (non-hydrogen) atoms. The molecule has 0 spiro atoms. The van der Waals surface area contributed by atoms with E-state index in [0.717, 1.165) is 24.2 Å². The Morgan fingerprint density at radius 3 is 2.63 bits per heavy atom. The Morgan fingerprint density at radius 2 is 1.93 bits per heavy atom. The zero-order chi connectivity index (χ0) is 20.8. The third-order valence-electron chi connectivity index (χ3n) is 6.19. The van der Waals surface area contributed by atoms with Crippen LogP contribution in [0.15, 0.2) is 54.9 Å². The lowest BCUT2D eigenvalue weighted by Gasteiger charge is -2.37. The van der Waals surface area contributed by atoms with Crippen molar-refractivity contribution < 1.29 is 9.59 Å². The van der Waals surface area contributed by atoms with Gasteiger partial charge in [-0.1, -0.05) is 42.8 Å². The van der Waals surface area contributed by atoms with Crippen molar-refractivity contribution in [1.29, 1.82) is 0 Å². The lowest BCUT2D eigenvalue weighted by Crippen LogP contribution is -2.56. The van der Waals surface area contributed by atoms with E-state index in [2.05, 4.69) is 27.3 Å². The van der Waals surface area contributed by atoms with Crippen LogP contribution in [-0.4, -0.2) is 52.3 Å². The highest BCUT2D eigenvalue weighted by Gasteiger charge is 2.34. The van der Waals surface area contributed by atoms with Gasteiger partial charge in [-0.05, 0) is 36.0 Å². The zero-order valence-corrected chi connectivity index (χ0v) is 17.4. The van der Waals surface area contributed by atoms with E-state index >= 15 is 0 Å². The third-order valence-corrected chi connectivity index (χ3v) is 6.19. The van der Waals surface area contributed by atoms with Gasteiger partial charge < -0.3 is 10.2 Å². The summed E-state index contributed by atoms with van der Waals surface area (Å²) < 4.78 is 0. The molecule has 1 saturated carbocycles. The smallest absolute Gasteiger partial charge is 0.237 e. The summed E-state index contributed by atoms with van der Waals surface area (Å²) in [6.45, 7) is 3.36. The van der Waals surface area contributed by atoms with E-state index in [9.17, 15) is 9.59 Å². The number of benzene rings is 1. The number of carbonyl (C=O) groups excluding carboxylic acids is 2. The van der Waals surface area contributed by atoms with Crippen LogP contribution in [-0.2, 0) is 22.7 Å². The first-order chi connectivity index (χ1) is 14.7. The first kappa shape index (κ1) is 20.5. The second-order valence-electron chi connectivity index (χ2n) is 8.40. The fraction of sp³-hybridized carbons (Fsp3) is 0.458. The number of nitrogens with one attached hydrogen (secondary N) is 1. The molecular formula is C24H30N4O2. The normalized spacial score (nSPS) is 19.7. The molecule has 1 atom stereocenters. The van der Waals surface area contributed by atoms with E-state index in [1.54, 1.807) is 6.20 Å². The van der Waals surface area contributed by atoms with Gasteiger partial charge in [-0.15, -0.1) is 0 Å². The SMILES string of the molecule is O=C1NCCN(Cc2cccnc2)[C@@H]1CC(=O)N(Cc1ccccc1)CC1CCC1. The number of hydrogen-bond acceptors (Lipinski definition) is 4. The Hall–Kier alpha value is -2.73. The van der Waals surface area contributed by atoms with Gasteiger partial charge in [0, 0.05) is 45.1 Å². The topological polar surface area (TPSA) is 65.5 Å². The van der Waals surface area contributed by atoms with Gasteiger partial charge in [-0.3, -0.25) is 19.5 Å². The van der Waals surface area contributed by atoms with Gasteiger partial charge in [0.2, 0.25) is 11.8 Å². The zero-order valence-electron chi connectivity index (χ0n) is 17.4. The van der Waals surface area contributed by atoms with Crippen LogP contribution in [0.3, 0.4) is 0 Å². The van der Waals surface area contributed by atoms with Crippen LogP contribution in [0, 0.1) is 5.92 Å². The van der Waals surface area contributed by atoms with Crippen molar-refractivity contribution in [2.75, 3.05) is 19.6 Å². The molecule has 1 aromatic carbocycles. The standard InChI is InChI=1S/C24H30N4O2/c29-23(28(17-20-8-4-9-20)16-19-6-2-1-3-7-19)14-22-24(30)26-12-13-27(22)18-21-10-5-11-25-15-21/h1-3,5-7,10-11,15,20,22H,4,8-9,12-14,16-18H2,(H,26,30)/t22-/m1/s1. The molecule has 2 heterocycles. The van der Waals surface area contributed by atoms with Gasteiger partial charge >= 0.3 is 0 Å². The van der Waals surface area contributed by atoms with E-state index in [-0.39, 0.29) is 18.2 Å². The molecule has 2 aromatic rings. The predicted molar refractivity (Wildman–Crippen MR) is 115 cm³/mol. The highest BCUT2D eigenvalue weighted by Crippen LogP contribution is 2.28. The van der Waals surface area contributed by atoms with Crippen molar-refractivity contribution in [2.24, 2.45) is 5.92 Å². The van der Waals surface area contributed by atoms with Crippen molar-refractivity contribution in [3.05, 3.63) is 66.0 Å². The van der Waals surface area contributed by atoms with Crippen LogP contribution < -0.4 is 5.32 Å². The summed E-state index contributed by atoms with van der Waals surface area (Å²) >= 11 is 0. The number of piperazine rings is 1. The molecule has 2 aliphatic rings. The van der Waals surface area contributed by atoms with Crippen LogP contribution in [0.2, 0.25) is 0 Å². The molecule has 1 aliphatic carbocycles. The quantitative estimate of drug-likeness (QED) is 0.732. The summed E-state index contributed by atoms with van der Waals surface area (Å²) in [6, 6.07) is 13.6. The Morgan fingerprint density at radius 1 is 1.13 bits per heavy atom. The van der Waals surface area contributed by atoms with E-state index < -0.39 is 6.04 Å². The van der Waals surface area contributed by atoms with E-state index in [4.69, 9.17) is 0 Å². The minimum absolute atomic E-state index is 0.0539. The average molecular weight is 407 g/mol. The summed E-state index contributed by atoms with van der Waals surface area (Å²) in [5.74, 6) is 0.593. The maximum atomic E-state index is 13.3. The van der Waals surface area contributed by atoms with Crippen molar-refractivity contribution in [1.82, 2.24) is 20.1 Å². The molecular weight excluding hydrogens is 376 g/mol. The Labute approximate surface area is 178 Å². The van der Waals surface area contributed by atoms with Gasteiger partial charge in [0.05, 0.1) is 12.5 Å². The van der Waals surface area contributed by atoms with E-state index in [0.29, 0.717) is 25.6 Å². The predicted octanol–water partition coefficient (Wildman–Crippen LogP) is 2.60. The number of rotatable bonds is 8. The van der Waals surface area contributed by atoms with Gasteiger partial charge in [0.15, 0.2) is 0 Å². The summed E-state index contributed by atoms with van der Waals surface area (Å²) in [5, 5.41) is 2.94. The molecule has 1 N–H and O–H groups in total. The highest BCUT2D eigenvalue weighted by molar-refractivity contribution is 5.88. The van der Waals surface area contributed by atoms with Crippen LogP contribution in [0.5, 0.6) is 0 Å². The molecule has 0 unspecified atom stereocenters. The van der Waals surface area contributed by atoms with Gasteiger partial charge in [-0.25, -0.2) is 0 Å². The van der Waals surface area contributed by atoms with Crippen LogP contribution in [0.4, 0.5) is 0 Å². The summed E-state index contributed by atoms with van der Waals surface area (Å²) in [5.41, 5.74) is 2.19. The summed E-state index contributed by atoms with van der Waals surface area (Å²) in [6.07, 6.45) is 7.41. The largest absolute Gasteiger partial charge is 0.353 e. The molecule has 1 saturated heterocycles. The van der Waals surface area contributed by atoms with Crippen LogP contribution in [0.25, 0.3) is 0 Å². The average Bonchev–Trinajstić information content (AvgIpc) is 2.73. The highest BCUT2D eigenvalue weighted by atomic mass is 16.2. The molecule has 0 bridgehead atoms. The van der Waals surface area contributed by atoms with E-state index in [1.807, 2.05) is 41.4 Å². The number of pyridine rings is 1. The van der Waals surface area contributed by atoms with Crippen molar-refractivity contribution in [3.8, 4) is 0 Å². The number of nitrogens with zero attached hydrogens (tertiary/aromatic N) is 3. The summed E-state index contributed by atoms with van der Waals surface area (Å²) in [4.78, 5) is 34.3. The molecule has 1 aromatic heterocycles. The molecule has 0 radical (unpaired) electrons. The fourth-order valence-corrected chi connectivity index (χ4v) is 4.24. The van der Waals surface area contributed by atoms with Crippen LogP contribution >= 0.6 is 0 Å². The Bertz CT molecular complexity index is 839. The van der Waals surface area contributed by atoms with Crippen molar-refractivity contribution in [2.45, 2.75) is 44.8 Å². The van der Waals surface area contributed by atoms with Gasteiger partial charge in [0.25, 0.3) is 0 Å². The maximum Gasteiger partial charge on any atom is 0.237 e. The molecule has 2 amide bonds. The molecule has 2 fully saturated rings. The second kappa shape index (κ2) is 9.85. The van der Waals surface area contributed by atoms with Gasteiger partial charge in [-0.2, -0.15) is 0 Å². The fourth-order valence-electron chi connectivity index (χ4n) is 4.24. The maximum absolute atomic E-state index is 13.3. The Balaban J connectivity index is 1.46. The first-order valence-corrected chi connectivity index (χ1v) is 10.9. The number of aromatic nitrogens is 1. The monoisotopic (exact) mass is 406 g/mol. The lowest BCUT2D eigenvalue weighted by molar-refractivity contribution is -0.140. The lowest BCUT2D eigenvalue weighted by atomic mass is 9.85. The van der Waals surface area contributed by atoms with Crippen molar-refractivity contribution >= 4 is 11.8 Å². The van der Waals surface area contributed by atoms with Gasteiger partial charge in [0.1, 0.15) is 0 Å². The minimum Gasteiger partial charge on any atom is -0.353 e. The molecule has 6 heteroatoms. The third kappa shape index (κ3) is 5.25. The van der Waals surface area contributed by atoms with Crippen molar-refractivity contribution in [3.63, 3.8) is 0 Å². The first-order valence-electron chi connectivity index (χ1n) is 10.9. The minimum atomic E-state index is -0.439. The number of carbonyl (C=O) groups is 2. The Kier molecular flexibility index (Phi) is 6.74. The molecule has 4 rings (SSSR count). The molecule has 158 valence electrons. The molecule has 1 aliphatic heterocycles. The number of amides is 2. The molecule has 6 nitrogen and oxygen atoms in total. The van der Waals surface area contributed by atoms with Crippen LogP contribution in [0.1, 0.15) is 36.8 Å². The van der Waals surface area contributed by atoms with E-state index in [1.165, 1.54) is 19.3 Å². The number of hydrogen-bond donors (Lipinski definition) is 1. The second-order valence-corrected chi connectivity index (χ2v) is 8.40.